The van der Waals surface area contributed by atoms with Crippen molar-refractivity contribution in [2.24, 2.45) is 17.6 Å². The third kappa shape index (κ3) is 6.40. The fourth-order valence-corrected chi connectivity index (χ4v) is 1.31. The van der Waals surface area contributed by atoms with Gasteiger partial charge in [-0.15, -0.1) is 0 Å². The largest absolute Gasteiger partial charge is 0.394 e. The summed E-state index contributed by atoms with van der Waals surface area (Å²) in [6.45, 7) is 5.45. The minimum Gasteiger partial charge on any atom is -0.394 e. The SMILES string of the molecule is CC(C)C[C@@H](CO)NC(=O)[CH][C@H](C)C(N)=O. The van der Waals surface area contributed by atoms with Gasteiger partial charge in [0.05, 0.1) is 19.1 Å². The number of carbonyl (C=O) groups excluding carboxylic acids is 2. The van der Waals surface area contributed by atoms with Crippen molar-refractivity contribution in [2.45, 2.75) is 33.2 Å². The number of carbonyl (C=O) groups is 2. The molecule has 2 amide bonds. The third-order valence-corrected chi connectivity index (χ3v) is 2.17. The van der Waals surface area contributed by atoms with Gasteiger partial charge in [-0.1, -0.05) is 20.8 Å². The first kappa shape index (κ1) is 14.9. The van der Waals surface area contributed by atoms with Gasteiger partial charge >= 0.3 is 0 Å². The van der Waals surface area contributed by atoms with Crippen molar-refractivity contribution in [2.75, 3.05) is 6.61 Å². The highest BCUT2D eigenvalue weighted by molar-refractivity contribution is 5.91. The van der Waals surface area contributed by atoms with Gasteiger partial charge in [0.1, 0.15) is 0 Å². The maximum absolute atomic E-state index is 11.4. The van der Waals surface area contributed by atoms with E-state index in [1.165, 1.54) is 6.42 Å². The molecule has 0 rings (SSSR count). The van der Waals surface area contributed by atoms with Crippen LogP contribution in [0.2, 0.25) is 0 Å². The maximum Gasteiger partial charge on any atom is 0.225 e. The molecule has 0 aromatic rings. The van der Waals surface area contributed by atoms with Crippen LogP contribution in [-0.2, 0) is 9.59 Å². The van der Waals surface area contributed by atoms with Gasteiger partial charge in [-0.05, 0) is 12.3 Å². The van der Waals surface area contributed by atoms with E-state index in [0.717, 1.165) is 0 Å². The summed E-state index contributed by atoms with van der Waals surface area (Å²) in [5.41, 5.74) is 5.03. The number of nitrogens with one attached hydrogen (secondary N) is 1. The van der Waals surface area contributed by atoms with Crippen LogP contribution in [-0.4, -0.2) is 29.6 Å². The fraction of sp³-hybridized carbons (Fsp3) is 0.727. The molecular formula is C11H21N2O3. The van der Waals surface area contributed by atoms with Crippen molar-refractivity contribution >= 4 is 11.8 Å². The zero-order chi connectivity index (χ0) is 12.7. The summed E-state index contributed by atoms with van der Waals surface area (Å²) in [6, 6.07) is -0.274. The summed E-state index contributed by atoms with van der Waals surface area (Å²) < 4.78 is 0. The van der Waals surface area contributed by atoms with E-state index in [4.69, 9.17) is 10.8 Å². The molecule has 0 aliphatic carbocycles. The second kappa shape index (κ2) is 7.22. The molecule has 0 spiro atoms. The number of primary amides is 1. The Bertz CT molecular complexity index is 241. The average molecular weight is 229 g/mol. The zero-order valence-corrected chi connectivity index (χ0v) is 10.1. The topological polar surface area (TPSA) is 92.4 Å². The molecule has 0 bridgehead atoms. The van der Waals surface area contributed by atoms with Crippen molar-refractivity contribution in [3.63, 3.8) is 0 Å². The highest BCUT2D eigenvalue weighted by Crippen LogP contribution is 2.05. The minimum absolute atomic E-state index is 0.108. The van der Waals surface area contributed by atoms with Gasteiger partial charge in [0, 0.05) is 5.92 Å². The summed E-state index contributed by atoms with van der Waals surface area (Å²) >= 11 is 0. The molecule has 2 atom stereocenters. The summed E-state index contributed by atoms with van der Waals surface area (Å²) in [5, 5.41) is 11.7. The normalized spacial score (nSPS) is 14.6. The quantitative estimate of drug-likeness (QED) is 0.566. The summed E-state index contributed by atoms with van der Waals surface area (Å²) in [7, 11) is 0. The molecular weight excluding hydrogens is 208 g/mol. The van der Waals surface area contributed by atoms with Gasteiger partial charge < -0.3 is 16.2 Å². The predicted molar refractivity (Wildman–Crippen MR) is 61.1 cm³/mol. The number of amides is 2. The Labute approximate surface area is 96.4 Å². The van der Waals surface area contributed by atoms with E-state index in [1.54, 1.807) is 6.92 Å². The zero-order valence-electron chi connectivity index (χ0n) is 10.1. The smallest absolute Gasteiger partial charge is 0.225 e. The van der Waals surface area contributed by atoms with Crippen LogP contribution in [0.5, 0.6) is 0 Å². The van der Waals surface area contributed by atoms with E-state index in [1.807, 2.05) is 13.8 Å². The number of aliphatic hydroxyl groups is 1. The molecule has 5 heteroatoms. The van der Waals surface area contributed by atoms with E-state index in [2.05, 4.69) is 5.32 Å². The first-order chi connectivity index (χ1) is 7.36. The Balaban J connectivity index is 4.05. The number of rotatable bonds is 7. The van der Waals surface area contributed by atoms with Gasteiger partial charge in [0.2, 0.25) is 11.8 Å². The van der Waals surface area contributed by atoms with Crippen LogP contribution < -0.4 is 11.1 Å². The molecule has 4 N–H and O–H groups in total. The van der Waals surface area contributed by atoms with Crippen molar-refractivity contribution in [3.8, 4) is 0 Å². The Morgan fingerprint density at radius 3 is 2.31 bits per heavy atom. The van der Waals surface area contributed by atoms with Crippen LogP contribution in [0.15, 0.2) is 0 Å². The lowest BCUT2D eigenvalue weighted by Crippen LogP contribution is -2.40. The van der Waals surface area contributed by atoms with Gasteiger partial charge in [-0.3, -0.25) is 9.59 Å². The fourth-order valence-electron chi connectivity index (χ4n) is 1.31. The average Bonchev–Trinajstić information content (AvgIpc) is 2.15. The molecule has 0 aliphatic heterocycles. The Hall–Kier alpha value is -1.10. The van der Waals surface area contributed by atoms with Gasteiger partial charge in [-0.25, -0.2) is 0 Å². The first-order valence-electron chi connectivity index (χ1n) is 5.42. The minimum atomic E-state index is -0.599. The lowest BCUT2D eigenvalue weighted by atomic mass is 10.0. The molecule has 0 aromatic carbocycles. The highest BCUT2D eigenvalue weighted by Gasteiger charge is 2.18. The Morgan fingerprint density at radius 2 is 1.94 bits per heavy atom. The maximum atomic E-state index is 11.4. The molecule has 16 heavy (non-hydrogen) atoms. The summed E-state index contributed by atoms with van der Waals surface area (Å²) in [5.74, 6) is -1.13. The van der Waals surface area contributed by atoms with Gasteiger partial charge in [-0.2, -0.15) is 0 Å². The van der Waals surface area contributed by atoms with E-state index in [0.29, 0.717) is 12.3 Å². The lowest BCUT2D eigenvalue weighted by molar-refractivity contribution is -0.124. The van der Waals surface area contributed by atoms with E-state index >= 15 is 0 Å². The summed E-state index contributed by atoms with van der Waals surface area (Å²) in [6.07, 6.45) is 1.92. The van der Waals surface area contributed by atoms with E-state index in [9.17, 15) is 9.59 Å². The van der Waals surface area contributed by atoms with Crippen LogP contribution in [0.4, 0.5) is 0 Å². The first-order valence-corrected chi connectivity index (χ1v) is 5.42. The molecule has 0 unspecified atom stereocenters. The molecule has 0 saturated carbocycles. The molecule has 5 nitrogen and oxygen atoms in total. The molecule has 0 fully saturated rings. The van der Waals surface area contributed by atoms with Crippen LogP contribution in [0, 0.1) is 18.3 Å². The van der Waals surface area contributed by atoms with Crippen LogP contribution in [0.25, 0.3) is 0 Å². The highest BCUT2D eigenvalue weighted by atomic mass is 16.3. The second-order valence-electron chi connectivity index (χ2n) is 4.38. The molecule has 0 aliphatic rings. The lowest BCUT2D eigenvalue weighted by Gasteiger charge is -2.18. The van der Waals surface area contributed by atoms with Gasteiger partial charge in [0.25, 0.3) is 0 Å². The van der Waals surface area contributed by atoms with Crippen LogP contribution in [0.1, 0.15) is 27.2 Å². The van der Waals surface area contributed by atoms with Crippen LogP contribution in [0.3, 0.4) is 0 Å². The van der Waals surface area contributed by atoms with Crippen molar-refractivity contribution < 1.29 is 14.7 Å². The number of hydrogen-bond donors (Lipinski definition) is 3. The molecule has 0 saturated heterocycles. The number of hydrogen-bond acceptors (Lipinski definition) is 3. The van der Waals surface area contributed by atoms with Crippen molar-refractivity contribution in [1.82, 2.24) is 5.32 Å². The Morgan fingerprint density at radius 1 is 1.38 bits per heavy atom. The van der Waals surface area contributed by atoms with Crippen molar-refractivity contribution in [3.05, 3.63) is 6.42 Å². The monoisotopic (exact) mass is 229 g/mol. The standard InChI is InChI=1S/C11H21N2O3/c1-7(2)4-9(6-14)13-10(15)5-8(3)11(12)16/h5,7-9,14H,4,6H2,1-3H3,(H2,12,16)(H,13,15)/t8-,9-/m0/s1. The van der Waals surface area contributed by atoms with Gasteiger partial charge in [0.15, 0.2) is 0 Å². The van der Waals surface area contributed by atoms with Crippen LogP contribution >= 0.6 is 0 Å². The molecule has 0 aromatic heterocycles. The molecule has 0 heterocycles. The third-order valence-electron chi connectivity index (χ3n) is 2.17. The van der Waals surface area contributed by atoms with Crippen molar-refractivity contribution in [1.29, 1.82) is 0 Å². The predicted octanol–water partition coefficient (Wildman–Crippen LogP) is -0.165. The number of nitrogens with two attached hydrogens (primary N) is 1. The van der Waals surface area contributed by atoms with E-state index < -0.39 is 11.8 Å². The second-order valence-corrected chi connectivity index (χ2v) is 4.38. The Kier molecular flexibility index (Phi) is 6.72. The number of aliphatic hydroxyl groups excluding tert-OH is 1. The molecule has 93 valence electrons. The summed E-state index contributed by atoms with van der Waals surface area (Å²) in [4.78, 5) is 22.2. The molecule has 1 radical (unpaired) electrons. The van der Waals surface area contributed by atoms with E-state index in [-0.39, 0.29) is 18.6 Å².